The number of hydrogen-bond acceptors (Lipinski definition) is 6. The standard InChI is InChI=1S/C31H33N3O4S/c1-37-27-15-14-22(18-28(27)38-2)30(31(36)33-23-10-4-3-5-11-23)34(29(35)19-25-12-8-16-39-25)24-17-21-9-6-7-13-26(21)32-20-24/h6-9,12-18,20,23,30H,3-5,10-11,19H2,1-2H3,(H,33,36)/t30-/m0/s1. The summed E-state index contributed by atoms with van der Waals surface area (Å²) in [5, 5.41) is 6.10. The summed E-state index contributed by atoms with van der Waals surface area (Å²) >= 11 is 1.52. The van der Waals surface area contributed by atoms with Crippen LogP contribution in [0.5, 0.6) is 11.5 Å². The normalized spacial score (nSPS) is 14.5. The van der Waals surface area contributed by atoms with Crippen molar-refractivity contribution in [3.8, 4) is 11.5 Å². The van der Waals surface area contributed by atoms with E-state index >= 15 is 0 Å². The van der Waals surface area contributed by atoms with E-state index in [-0.39, 0.29) is 24.3 Å². The molecule has 8 heteroatoms. The molecule has 2 aromatic heterocycles. The average Bonchev–Trinajstić information content (AvgIpc) is 3.48. The number of para-hydroxylation sites is 1. The second-order valence-electron chi connectivity index (χ2n) is 9.77. The first-order valence-corrected chi connectivity index (χ1v) is 14.2. The molecule has 2 aromatic carbocycles. The minimum Gasteiger partial charge on any atom is -0.493 e. The Hall–Kier alpha value is -3.91. The van der Waals surface area contributed by atoms with Crippen molar-refractivity contribution in [2.75, 3.05) is 19.1 Å². The molecule has 1 aliphatic carbocycles. The second kappa shape index (κ2) is 12.3. The van der Waals surface area contributed by atoms with Crippen molar-refractivity contribution in [1.29, 1.82) is 0 Å². The van der Waals surface area contributed by atoms with Gasteiger partial charge in [0, 0.05) is 16.3 Å². The molecule has 0 unspecified atom stereocenters. The van der Waals surface area contributed by atoms with Gasteiger partial charge in [0.25, 0.3) is 0 Å². The third-order valence-electron chi connectivity index (χ3n) is 7.21. The summed E-state index contributed by atoms with van der Waals surface area (Å²) in [6, 6.07) is 18.1. The van der Waals surface area contributed by atoms with E-state index in [4.69, 9.17) is 9.47 Å². The van der Waals surface area contributed by atoms with Crippen LogP contribution in [-0.2, 0) is 16.0 Å². The molecule has 2 heterocycles. The number of amides is 2. The molecular weight excluding hydrogens is 510 g/mol. The van der Waals surface area contributed by atoms with Crippen LogP contribution in [0.4, 0.5) is 5.69 Å². The van der Waals surface area contributed by atoms with Gasteiger partial charge in [-0.1, -0.05) is 49.6 Å². The third-order valence-corrected chi connectivity index (χ3v) is 8.09. The van der Waals surface area contributed by atoms with Gasteiger partial charge in [-0.3, -0.25) is 19.5 Å². The van der Waals surface area contributed by atoms with Gasteiger partial charge in [0.1, 0.15) is 6.04 Å². The van der Waals surface area contributed by atoms with Crippen LogP contribution in [0.15, 0.2) is 72.2 Å². The topological polar surface area (TPSA) is 80.8 Å². The molecule has 1 atom stereocenters. The van der Waals surface area contributed by atoms with Crippen LogP contribution in [0.25, 0.3) is 10.9 Å². The Labute approximate surface area is 232 Å². The first-order chi connectivity index (χ1) is 19.1. The number of hydrogen-bond donors (Lipinski definition) is 1. The number of anilines is 1. The molecule has 2 amide bonds. The highest BCUT2D eigenvalue weighted by Gasteiger charge is 2.35. The van der Waals surface area contributed by atoms with Crippen LogP contribution in [0.1, 0.15) is 48.6 Å². The lowest BCUT2D eigenvalue weighted by Gasteiger charge is -2.33. The van der Waals surface area contributed by atoms with Gasteiger partial charge in [-0.05, 0) is 54.1 Å². The average molecular weight is 544 g/mol. The molecule has 1 aliphatic rings. The summed E-state index contributed by atoms with van der Waals surface area (Å²) in [7, 11) is 3.13. The highest BCUT2D eigenvalue weighted by Crippen LogP contribution is 2.36. The van der Waals surface area contributed by atoms with E-state index in [1.807, 2.05) is 53.9 Å². The first kappa shape index (κ1) is 26.7. The SMILES string of the molecule is COc1ccc([C@@H](C(=O)NC2CCCCC2)N(C(=O)Cc2cccs2)c2cnc3ccccc3c2)cc1OC. The van der Waals surface area contributed by atoms with Gasteiger partial charge in [0.15, 0.2) is 11.5 Å². The van der Waals surface area contributed by atoms with Crippen molar-refractivity contribution in [1.82, 2.24) is 10.3 Å². The minimum atomic E-state index is -0.929. The van der Waals surface area contributed by atoms with Gasteiger partial charge in [-0.25, -0.2) is 0 Å². The zero-order chi connectivity index (χ0) is 27.2. The lowest BCUT2D eigenvalue weighted by molar-refractivity contribution is -0.127. The van der Waals surface area contributed by atoms with Crippen LogP contribution in [0, 0.1) is 0 Å². The van der Waals surface area contributed by atoms with Crippen LogP contribution in [0.2, 0.25) is 0 Å². The van der Waals surface area contributed by atoms with Crippen molar-refractivity contribution in [3.63, 3.8) is 0 Å². The van der Waals surface area contributed by atoms with Crippen LogP contribution < -0.4 is 19.7 Å². The van der Waals surface area contributed by atoms with E-state index in [0.717, 1.165) is 41.5 Å². The van der Waals surface area contributed by atoms with Gasteiger partial charge in [0.05, 0.1) is 38.0 Å². The fourth-order valence-electron chi connectivity index (χ4n) is 5.24. The minimum absolute atomic E-state index is 0.0814. The second-order valence-corrected chi connectivity index (χ2v) is 10.8. The maximum absolute atomic E-state index is 14.2. The Balaban J connectivity index is 1.62. The maximum Gasteiger partial charge on any atom is 0.248 e. The summed E-state index contributed by atoms with van der Waals surface area (Å²) in [5.74, 6) is 0.638. The van der Waals surface area contributed by atoms with Crippen molar-refractivity contribution in [3.05, 3.63) is 82.7 Å². The van der Waals surface area contributed by atoms with Gasteiger partial charge >= 0.3 is 0 Å². The summed E-state index contributed by atoms with van der Waals surface area (Å²) < 4.78 is 11.0. The molecule has 5 rings (SSSR count). The smallest absolute Gasteiger partial charge is 0.248 e. The molecule has 0 saturated heterocycles. The largest absolute Gasteiger partial charge is 0.493 e. The van der Waals surface area contributed by atoms with E-state index < -0.39 is 6.04 Å². The van der Waals surface area contributed by atoms with E-state index in [9.17, 15) is 9.59 Å². The number of nitrogens with zero attached hydrogens (tertiary/aromatic N) is 2. The van der Waals surface area contributed by atoms with E-state index in [1.165, 1.54) is 17.8 Å². The number of carbonyl (C=O) groups excluding carboxylic acids is 2. The monoisotopic (exact) mass is 543 g/mol. The van der Waals surface area contributed by atoms with E-state index in [1.54, 1.807) is 37.4 Å². The van der Waals surface area contributed by atoms with E-state index in [2.05, 4.69) is 10.3 Å². The Kier molecular flexibility index (Phi) is 8.42. The fraction of sp³-hybridized carbons (Fsp3) is 0.323. The lowest BCUT2D eigenvalue weighted by Crippen LogP contribution is -2.47. The summed E-state index contributed by atoms with van der Waals surface area (Å²) in [5.41, 5.74) is 2.02. The maximum atomic E-state index is 14.2. The molecule has 0 radical (unpaired) electrons. The number of aromatic nitrogens is 1. The molecule has 4 aromatic rings. The Morgan fingerprint density at radius 2 is 1.79 bits per heavy atom. The quantitative estimate of drug-likeness (QED) is 0.277. The van der Waals surface area contributed by atoms with Crippen molar-refractivity contribution in [2.24, 2.45) is 0 Å². The summed E-state index contributed by atoms with van der Waals surface area (Å²) in [4.78, 5) is 35.4. The Morgan fingerprint density at radius 3 is 2.54 bits per heavy atom. The number of methoxy groups -OCH3 is 2. The summed E-state index contributed by atoms with van der Waals surface area (Å²) in [6.07, 6.45) is 7.07. The molecule has 0 bridgehead atoms. The number of fused-ring (bicyclic) bond motifs is 1. The number of pyridine rings is 1. The number of nitrogens with one attached hydrogen (secondary N) is 1. The molecule has 1 fully saturated rings. The molecule has 39 heavy (non-hydrogen) atoms. The number of ether oxygens (including phenoxy) is 2. The summed E-state index contributed by atoms with van der Waals surface area (Å²) in [6.45, 7) is 0. The molecule has 1 N–H and O–H groups in total. The highest BCUT2D eigenvalue weighted by molar-refractivity contribution is 7.10. The molecule has 0 spiro atoms. The predicted octanol–water partition coefficient (Wildman–Crippen LogP) is 6.08. The zero-order valence-corrected chi connectivity index (χ0v) is 23.1. The van der Waals surface area contributed by atoms with Crippen molar-refractivity contribution in [2.45, 2.75) is 50.6 Å². The van der Waals surface area contributed by atoms with Crippen LogP contribution >= 0.6 is 11.3 Å². The van der Waals surface area contributed by atoms with Gasteiger partial charge in [0.2, 0.25) is 11.8 Å². The first-order valence-electron chi connectivity index (χ1n) is 13.3. The Morgan fingerprint density at radius 1 is 1.00 bits per heavy atom. The predicted molar refractivity (Wildman–Crippen MR) is 155 cm³/mol. The molecule has 0 aliphatic heterocycles. The van der Waals surface area contributed by atoms with Crippen LogP contribution in [-0.4, -0.2) is 37.1 Å². The van der Waals surface area contributed by atoms with Crippen molar-refractivity contribution >= 4 is 39.7 Å². The Bertz CT molecular complexity index is 1430. The zero-order valence-electron chi connectivity index (χ0n) is 22.3. The number of carbonyl (C=O) groups is 2. The molecule has 202 valence electrons. The lowest BCUT2D eigenvalue weighted by atomic mass is 9.94. The highest BCUT2D eigenvalue weighted by atomic mass is 32.1. The number of rotatable bonds is 9. The number of thiophene rings is 1. The molecule has 1 saturated carbocycles. The molecule has 7 nitrogen and oxygen atoms in total. The van der Waals surface area contributed by atoms with Gasteiger partial charge in [-0.15, -0.1) is 11.3 Å². The van der Waals surface area contributed by atoms with Crippen LogP contribution in [0.3, 0.4) is 0 Å². The molecular formula is C31H33N3O4S. The third kappa shape index (κ3) is 6.06. The fourth-order valence-corrected chi connectivity index (χ4v) is 5.94. The van der Waals surface area contributed by atoms with Crippen molar-refractivity contribution < 1.29 is 19.1 Å². The number of benzene rings is 2. The van der Waals surface area contributed by atoms with Gasteiger partial charge < -0.3 is 14.8 Å². The van der Waals surface area contributed by atoms with Gasteiger partial charge in [-0.2, -0.15) is 0 Å². The van der Waals surface area contributed by atoms with E-state index in [0.29, 0.717) is 22.7 Å².